The van der Waals surface area contributed by atoms with Crippen LogP contribution in [0.3, 0.4) is 0 Å². The highest BCUT2D eigenvalue weighted by molar-refractivity contribution is 5.47. The van der Waals surface area contributed by atoms with Crippen molar-refractivity contribution in [3.8, 4) is 11.8 Å². The Hall–Kier alpha value is -1.60. The molecule has 1 aromatic carbocycles. The maximum Gasteiger partial charge on any atom is 0.165 e. The van der Waals surface area contributed by atoms with Gasteiger partial charge >= 0.3 is 0 Å². The van der Waals surface area contributed by atoms with Crippen LogP contribution >= 0.6 is 0 Å². The Morgan fingerprint density at radius 3 is 2.77 bits per heavy atom. The third-order valence-corrected chi connectivity index (χ3v) is 1.70. The fourth-order valence-electron chi connectivity index (χ4n) is 1.08. The molecule has 0 spiro atoms. The minimum atomic E-state index is -0.578. The third kappa shape index (κ3) is 1.60. The van der Waals surface area contributed by atoms with E-state index in [0.29, 0.717) is 0 Å². The molecule has 0 aromatic heterocycles. The molecular weight excluding hydrogens is 173 g/mol. The third-order valence-electron chi connectivity index (χ3n) is 1.70. The molecule has 0 saturated heterocycles. The Morgan fingerprint density at radius 2 is 2.31 bits per heavy atom. The summed E-state index contributed by atoms with van der Waals surface area (Å²) in [4.78, 5) is 0. The largest absolute Gasteiger partial charge is 0.493 e. The summed E-state index contributed by atoms with van der Waals surface area (Å²) in [6.45, 7) is -0.413. The second-order valence-electron chi connectivity index (χ2n) is 2.38. The first-order valence-corrected chi connectivity index (χ1v) is 3.61. The van der Waals surface area contributed by atoms with Crippen LogP contribution in [0.2, 0.25) is 0 Å². The van der Waals surface area contributed by atoms with Crippen LogP contribution in [-0.4, -0.2) is 12.2 Å². The molecule has 0 aliphatic heterocycles. The summed E-state index contributed by atoms with van der Waals surface area (Å²) < 4.78 is 17.7. The lowest BCUT2D eigenvalue weighted by molar-refractivity contribution is 0.270. The number of hydrogen-bond acceptors (Lipinski definition) is 3. The maximum atomic E-state index is 13.0. The van der Waals surface area contributed by atoms with Crippen LogP contribution in [0, 0.1) is 17.1 Å². The van der Waals surface area contributed by atoms with Crippen LogP contribution in [0.5, 0.6) is 5.75 Å². The van der Waals surface area contributed by atoms with Crippen LogP contribution in [0.4, 0.5) is 4.39 Å². The molecule has 1 rings (SSSR count). The number of benzene rings is 1. The van der Waals surface area contributed by atoms with Crippen molar-refractivity contribution in [1.29, 1.82) is 5.26 Å². The van der Waals surface area contributed by atoms with Gasteiger partial charge in [-0.05, 0) is 12.1 Å². The minimum absolute atomic E-state index is 0.0680. The first-order valence-electron chi connectivity index (χ1n) is 3.61. The van der Waals surface area contributed by atoms with E-state index in [0.717, 1.165) is 6.07 Å². The second kappa shape index (κ2) is 3.87. The van der Waals surface area contributed by atoms with Gasteiger partial charge in [-0.25, -0.2) is 4.39 Å². The lowest BCUT2D eigenvalue weighted by Gasteiger charge is -2.07. The summed E-state index contributed by atoms with van der Waals surface area (Å²) >= 11 is 0. The molecule has 0 atom stereocenters. The van der Waals surface area contributed by atoms with E-state index in [1.807, 2.05) is 6.07 Å². The number of rotatable bonds is 2. The summed E-state index contributed by atoms with van der Waals surface area (Å²) in [5.41, 5.74) is 0.408. The minimum Gasteiger partial charge on any atom is -0.493 e. The molecule has 0 aliphatic carbocycles. The van der Waals surface area contributed by atoms with Gasteiger partial charge in [0.25, 0.3) is 0 Å². The van der Waals surface area contributed by atoms with Gasteiger partial charge in [0, 0.05) is 5.56 Å². The molecule has 0 aliphatic rings. The van der Waals surface area contributed by atoms with Crippen molar-refractivity contribution >= 4 is 0 Å². The van der Waals surface area contributed by atoms with Gasteiger partial charge in [0.05, 0.1) is 25.3 Å². The highest BCUT2D eigenvalue weighted by Gasteiger charge is 2.12. The van der Waals surface area contributed by atoms with Crippen LogP contribution in [0.15, 0.2) is 12.1 Å². The van der Waals surface area contributed by atoms with Crippen molar-refractivity contribution in [2.24, 2.45) is 0 Å². The van der Waals surface area contributed by atoms with Crippen molar-refractivity contribution in [2.75, 3.05) is 7.11 Å². The number of hydrogen-bond donors (Lipinski definition) is 1. The number of halogens is 1. The zero-order chi connectivity index (χ0) is 9.84. The molecule has 13 heavy (non-hydrogen) atoms. The summed E-state index contributed by atoms with van der Waals surface area (Å²) in [6, 6.07) is 4.29. The molecule has 4 heteroatoms. The summed E-state index contributed by atoms with van der Waals surface area (Å²) in [6.07, 6.45) is 0. The highest BCUT2D eigenvalue weighted by Crippen LogP contribution is 2.25. The number of nitriles is 1. The van der Waals surface area contributed by atoms with Crippen molar-refractivity contribution in [2.45, 2.75) is 6.61 Å². The zero-order valence-electron chi connectivity index (χ0n) is 7.04. The topological polar surface area (TPSA) is 53.2 Å². The Balaban J connectivity index is 3.38. The molecule has 0 radical (unpaired) electrons. The predicted octanol–water partition coefficient (Wildman–Crippen LogP) is 1.20. The predicted molar refractivity (Wildman–Crippen MR) is 43.6 cm³/mol. The highest BCUT2D eigenvalue weighted by atomic mass is 19.1. The average molecular weight is 181 g/mol. The van der Waals surface area contributed by atoms with E-state index in [4.69, 9.17) is 15.1 Å². The van der Waals surface area contributed by atoms with Gasteiger partial charge in [0.1, 0.15) is 0 Å². The molecule has 0 amide bonds. The number of aliphatic hydroxyl groups is 1. The molecule has 1 aromatic rings. The Morgan fingerprint density at radius 1 is 1.62 bits per heavy atom. The fraction of sp³-hybridized carbons (Fsp3) is 0.222. The Bertz CT molecular complexity index is 357. The first-order chi connectivity index (χ1) is 6.24. The molecule has 0 heterocycles. The standard InChI is InChI=1S/C9H8FNO2/c1-13-9-7(5-12)6(4-11)2-3-8(9)10/h2-3,12H,5H2,1H3. The molecule has 0 fully saturated rings. The second-order valence-corrected chi connectivity index (χ2v) is 2.38. The van der Waals surface area contributed by atoms with Crippen LogP contribution in [0.25, 0.3) is 0 Å². The Labute approximate surface area is 75.0 Å². The lowest BCUT2D eigenvalue weighted by atomic mass is 10.1. The maximum absolute atomic E-state index is 13.0. The van der Waals surface area contributed by atoms with E-state index >= 15 is 0 Å². The van der Waals surface area contributed by atoms with Gasteiger partial charge in [0.2, 0.25) is 0 Å². The van der Waals surface area contributed by atoms with Crippen LogP contribution in [0.1, 0.15) is 11.1 Å². The van der Waals surface area contributed by atoms with Crippen molar-refractivity contribution in [3.05, 3.63) is 29.1 Å². The molecule has 3 nitrogen and oxygen atoms in total. The number of methoxy groups -OCH3 is 1. The number of ether oxygens (including phenoxy) is 1. The average Bonchev–Trinajstić information content (AvgIpc) is 2.17. The van der Waals surface area contributed by atoms with E-state index in [-0.39, 0.29) is 16.9 Å². The van der Waals surface area contributed by atoms with Gasteiger partial charge in [-0.3, -0.25) is 0 Å². The number of aliphatic hydroxyl groups excluding tert-OH is 1. The van der Waals surface area contributed by atoms with Gasteiger partial charge in [-0.1, -0.05) is 0 Å². The number of nitrogens with zero attached hydrogens (tertiary/aromatic N) is 1. The lowest BCUT2D eigenvalue weighted by Crippen LogP contribution is -1.98. The molecule has 68 valence electrons. The van der Waals surface area contributed by atoms with Gasteiger partial charge in [-0.15, -0.1) is 0 Å². The van der Waals surface area contributed by atoms with Crippen molar-refractivity contribution < 1.29 is 14.2 Å². The van der Waals surface area contributed by atoms with E-state index in [1.54, 1.807) is 0 Å². The quantitative estimate of drug-likeness (QED) is 0.745. The summed E-state index contributed by atoms with van der Waals surface area (Å²) in [5.74, 6) is -0.646. The summed E-state index contributed by atoms with van der Waals surface area (Å²) in [7, 11) is 1.29. The fourth-order valence-corrected chi connectivity index (χ4v) is 1.08. The van der Waals surface area contributed by atoms with E-state index in [1.165, 1.54) is 13.2 Å². The van der Waals surface area contributed by atoms with Crippen molar-refractivity contribution in [1.82, 2.24) is 0 Å². The van der Waals surface area contributed by atoms with E-state index < -0.39 is 12.4 Å². The Kier molecular flexibility index (Phi) is 2.83. The summed E-state index contributed by atoms with van der Waals surface area (Å²) in [5, 5.41) is 17.5. The SMILES string of the molecule is COc1c(F)ccc(C#N)c1CO. The van der Waals surface area contributed by atoms with E-state index in [2.05, 4.69) is 0 Å². The first kappa shape index (κ1) is 9.49. The monoisotopic (exact) mass is 181 g/mol. The smallest absolute Gasteiger partial charge is 0.165 e. The normalized spacial score (nSPS) is 9.38. The van der Waals surface area contributed by atoms with E-state index in [9.17, 15) is 4.39 Å². The van der Waals surface area contributed by atoms with Crippen LogP contribution < -0.4 is 4.74 Å². The molecule has 0 bridgehead atoms. The van der Waals surface area contributed by atoms with Gasteiger partial charge in [-0.2, -0.15) is 5.26 Å². The molecular formula is C9H8FNO2. The van der Waals surface area contributed by atoms with Gasteiger partial charge < -0.3 is 9.84 Å². The molecule has 0 unspecified atom stereocenters. The zero-order valence-corrected chi connectivity index (χ0v) is 7.04. The van der Waals surface area contributed by atoms with Crippen LogP contribution in [-0.2, 0) is 6.61 Å². The molecule has 0 saturated carbocycles. The van der Waals surface area contributed by atoms with Crippen molar-refractivity contribution in [3.63, 3.8) is 0 Å². The molecule has 1 N–H and O–H groups in total. The van der Waals surface area contributed by atoms with Gasteiger partial charge in [0.15, 0.2) is 11.6 Å².